The lowest BCUT2D eigenvalue weighted by Crippen LogP contribution is -2.07. The molecule has 4 rings (SSSR count). The molecule has 4 heteroatoms. The summed E-state index contributed by atoms with van der Waals surface area (Å²) >= 11 is 0. The first-order valence-corrected chi connectivity index (χ1v) is 7.87. The van der Waals surface area contributed by atoms with Gasteiger partial charge in [-0.1, -0.05) is 30.3 Å². The summed E-state index contributed by atoms with van der Waals surface area (Å²) < 4.78 is 0. The van der Waals surface area contributed by atoms with Crippen molar-refractivity contribution in [2.75, 3.05) is 5.32 Å². The normalized spacial score (nSPS) is 19.3. The topological polar surface area (TPSA) is 50.7 Å². The molecule has 0 radical (unpaired) electrons. The van der Waals surface area contributed by atoms with Crippen LogP contribution in [0.4, 0.5) is 5.82 Å². The minimum atomic E-state index is 0.456. The Hall–Kier alpha value is -2.75. The van der Waals surface area contributed by atoms with E-state index in [0.29, 0.717) is 12.0 Å². The lowest BCUT2D eigenvalue weighted by atomic mass is 10.1. The fourth-order valence-corrected chi connectivity index (χ4v) is 2.89. The standard InChI is InChI=1S/C19H18N4/c1-13-11-18(23-19(21-13)15-7-9-20-10-8-15)22-17-12-16(17)14-5-3-2-4-6-14/h2-11,16-17H,12H2,1H3,(H,21,22,23)/t16-,17-/m0/s1. The summed E-state index contributed by atoms with van der Waals surface area (Å²) in [6, 6.07) is 17.0. The van der Waals surface area contributed by atoms with Gasteiger partial charge in [0, 0.05) is 41.7 Å². The van der Waals surface area contributed by atoms with E-state index in [-0.39, 0.29) is 0 Å². The Morgan fingerprint density at radius 1 is 1.00 bits per heavy atom. The molecular weight excluding hydrogens is 284 g/mol. The minimum Gasteiger partial charge on any atom is -0.367 e. The second-order valence-corrected chi connectivity index (χ2v) is 5.96. The quantitative estimate of drug-likeness (QED) is 0.796. The van der Waals surface area contributed by atoms with Gasteiger partial charge in [-0.3, -0.25) is 4.98 Å². The molecule has 2 heterocycles. The predicted octanol–water partition coefficient (Wildman–Crippen LogP) is 3.82. The number of pyridine rings is 1. The summed E-state index contributed by atoms with van der Waals surface area (Å²) in [5.74, 6) is 2.22. The number of aryl methyl sites for hydroxylation is 1. The van der Waals surface area contributed by atoms with Crippen LogP contribution < -0.4 is 5.32 Å². The van der Waals surface area contributed by atoms with Gasteiger partial charge in [-0.05, 0) is 31.0 Å². The number of aromatic nitrogens is 3. The summed E-state index contributed by atoms with van der Waals surface area (Å²) in [7, 11) is 0. The van der Waals surface area contributed by atoms with E-state index in [0.717, 1.165) is 29.3 Å². The molecule has 0 bridgehead atoms. The maximum Gasteiger partial charge on any atom is 0.161 e. The van der Waals surface area contributed by atoms with Crippen LogP contribution >= 0.6 is 0 Å². The molecule has 0 saturated heterocycles. The fourth-order valence-electron chi connectivity index (χ4n) is 2.89. The van der Waals surface area contributed by atoms with E-state index in [2.05, 4.69) is 50.6 Å². The number of nitrogens with zero attached hydrogens (tertiary/aromatic N) is 3. The zero-order chi connectivity index (χ0) is 15.6. The molecule has 1 aliphatic rings. The van der Waals surface area contributed by atoms with Crippen LogP contribution in [0.5, 0.6) is 0 Å². The molecule has 1 aliphatic carbocycles. The van der Waals surface area contributed by atoms with Crippen molar-refractivity contribution in [3.63, 3.8) is 0 Å². The number of benzene rings is 1. The first kappa shape index (κ1) is 13.9. The number of rotatable bonds is 4. The summed E-state index contributed by atoms with van der Waals surface area (Å²) in [6.07, 6.45) is 4.68. The van der Waals surface area contributed by atoms with Gasteiger partial charge in [0.15, 0.2) is 5.82 Å². The van der Waals surface area contributed by atoms with Crippen molar-refractivity contribution in [3.05, 3.63) is 72.2 Å². The van der Waals surface area contributed by atoms with Gasteiger partial charge in [-0.15, -0.1) is 0 Å². The van der Waals surface area contributed by atoms with Crippen LogP contribution in [0.15, 0.2) is 60.9 Å². The van der Waals surface area contributed by atoms with Crippen molar-refractivity contribution in [3.8, 4) is 11.4 Å². The monoisotopic (exact) mass is 302 g/mol. The molecule has 2 atom stereocenters. The van der Waals surface area contributed by atoms with Crippen LogP contribution in [0.1, 0.15) is 23.6 Å². The first-order valence-electron chi connectivity index (χ1n) is 7.87. The highest BCUT2D eigenvalue weighted by molar-refractivity contribution is 5.57. The summed E-state index contributed by atoms with van der Waals surface area (Å²) in [4.78, 5) is 13.2. The fraction of sp³-hybridized carbons (Fsp3) is 0.211. The molecule has 4 nitrogen and oxygen atoms in total. The molecular formula is C19H18N4. The number of hydrogen-bond acceptors (Lipinski definition) is 4. The van der Waals surface area contributed by atoms with E-state index >= 15 is 0 Å². The Morgan fingerprint density at radius 2 is 1.78 bits per heavy atom. The molecule has 0 aliphatic heterocycles. The maximum absolute atomic E-state index is 4.66. The van der Waals surface area contributed by atoms with Crippen molar-refractivity contribution in [1.29, 1.82) is 0 Å². The molecule has 2 aromatic heterocycles. The van der Waals surface area contributed by atoms with Gasteiger partial charge in [0.25, 0.3) is 0 Å². The smallest absolute Gasteiger partial charge is 0.161 e. The van der Waals surface area contributed by atoms with Gasteiger partial charge in [0.05, 0.1) is 0 Å². The molecule has 1 saturated carbocycles. The SMILES string of the molecule is Cc1cc(N[C@H]2C[C@H]2c2ccccc2)nc(-c2ccncc2)n1. The van der Waals surface area contributed by atoms with Crippen molar-refractivity contribution in [2.45, 2.75) is 25.3 Å². The lowest BCUT2D eigenvalue weighted by molar-refractivity contribution is 1.01. The highest BCUT2D eigenvalue weighted by Crippen LogP contribution is 2.42. The second-order valence-electron chi connectivity index (χ2n) is 5.96. The largest absolute Gasteiger partial charge is 0.367 e. The van der Waals surface area contributed by atoms with Gasteiger partial charge in [0.2, 0.25) is 0 Å². The summed E-state index contributed by atoms with van der Waals surface area (Å²) in [5.41, 5.74) is 3.35. The van der Waals surface area contributed by atoms with Crippen LogP contribution in [0.2, 0.25) is 0 Å². The average molecular weight is 302 g/mol. The minimum absolute atomic E-state index is 0.456. The first-order chi connectivity index (χ1) is 11.3. The number of hydrogen-bond donors (Lipinski definition) is 1. The van der Waals surface area contributed by atoms with E-state index in [1.807, 2.05) is 25.1 Å². The molecule has 114 valence electrons. The van der Waals surface area contributed by atoms with Gasteiger partial charge in [0.1, 0.15) is 5.82 Å². The van der Waals surface area contributed by atoms with Crippen LogP contribution in [-0.2, 0) is 0 Å². The Kier molecular flexibility index (Phi) is 3.50. The Balaban J connectivity index is 1.53. The van der Waals surface area contributed by atoms with Crippen LogP contribution in [-0.4, -0.2) is 21.0 Å². The van der Waals surface area contributed by atoms with Crippen molar-refractivity contribution in [2.24, 2.45) is 0 Å². The lowest BCUT2D eigenvalue weighted by Gasteiger charge is -2.08. The van der Waals surface area contributed by atoms with Crippen LogP contribution in [0, 0.1) is 6.92 Å². The third kappa shape index (κ3) is 3.06. The number of nitrogens with one attached hydrogen (secondary N) is 1. The van der Waals surface area contributed by atoms with Crippen molar-refractivity contribution < 1.29 is 0 Å². The van der Waals surface area contributed by atoms with E-state index in [1.165, 1.54) is 5.56 Å². The van der Waals surface area contributed by atoms with E-state index in [9.17, 15) is 0 Å². The molecule has 23 heavy (non-hydrogen) atoms. The molecule has 1 aromatic carbocycles. The van der Waals surface area contributed by atoms with Crippen LogP contribution in [0.25, 0.3) is 11.4 Å². The highest BCUT2D eigenvalue weighted by atomic mass is 15.1. The van der Waals surface area contributed by atoms with Gasteiger partial charge >= 0.3 is 0 Å². The second kappa shape index (κ2) is 5.80. The third-order valence-corrected chi connectivity index (χ3v) is 4.14. The van der Waals surface area contributed by atoms with E-state index in [1.54, 1.807) is 12.4 Å². The Bertz CT molecular complexity index is 802. The third-order valence-electron chi connectivity index (χ3n) is 4.14. The van der Waals surface area contributed by atoms with E-state index in [4.69, 9.17) is 0 Å². The zero-order valence-corrected chi connectivity index (χ0v) is 13.0. The molecule has 1 fully saturated rings. The Morgan fingerprint density at radius 3 is 2.57 bits per heavy atom. The molecule has 0 spiro atoms. The van der Waals surface area contributed by atoms with Crippen molar-refractivity contribution >= 4 is 5.82 Å². The summed E-state index contributed by atoms with van der Waals surface area (Å²) in [6.45, 7) is 2.00. The van der Waals surface area contributed by atoms with Gasteiger partial charge in [-0.2, -0.15) is 0 Å². The molecule has 1 N–H and O–H groups in total. The average Bonchev–Trinajstić information content (AvgIpc) is 3.35. The van der Waals surface area contributed by atoms with Crippen LogP contribution in [0.3, 0.4) is 0 Å². The molecule has 0 unspecified atom stereocenters. The van der Waals surface area contributed by atoms with E-state index < -0.39 is 0 Å². The maximum atomic E-state index is 4.66. The highest BCUT2D eigenvalue weighted by Gasteiger charge is 2.38. The van der Waals surface area contributed by atoms with Crippen molar-refractivity contribution in [1.82, 2.24) is 15.0 Å². The predicted molar refractivity (Wildman–Crippen MR) is 91.2 cm³/mol. The van der Waals surface area contributed by atoms with Gasteiger partial charge < -0.3 is 5.32 Å². The summed E-state index contributed by atoms with van der Waals surface area (Å²) in [5, 5.41) is 3.55. The molecule has 3 aromatic rings. The van der Waals surface area contributed by atoms with Gasteiger partial charge in [-0.25, -0.2) is 9.97 Å². The molecule has 0 amide bonds. The zero-order valence-electron chi connectivity index (χ0n) is 13.0. The number of anilines is 1. The Labute approximate surface area is 135 Å².